The van der Waals surface area contributed by atoms with Crippen LogP contribution in [0, 0.1) is 12.8 Å². The number of hydrogen-bond donors (Lipinski definition) is 1. The van der Waals surface area contributed by atoms with E-state index in [4.69, 9.17) is 0 Å². The molecule has 0 amide bonds. The van der Waals surface area contributed by atoms with Gasteiger partial charge in [-0.1, -0.05) is 12.1 Å². The second-order valence-corrected chi connectivity index (χ2v) is 8.71. The molecule has 5 rings (SSSR count). The molecule has 33 heavy (non-hydrogen) atoms. The number of nitrogens with zero attached hydrogens (tertiary/aromatic N) is 4. The SMILES string of the molecule is Cc1cccc(C(F)(F)F)c1C(=O)n1nc(N2C3CCC2CC(C(=O)O)C3)c2ncccc21. The predicted molar refractivity (Wildman–Crippen MR) is 113 cm³/mol. The van der Waals surface area contributed by atoms with E-state index in [9.17, 15) is 27.9 Å². The van der Waals surface area contributed by atoms with Gasteiger partial charge < -0.3 is 10.0 Å². The highest BCUT2D eigenvalue weighted by Gasteiger charge is 2.45. The average Bonchev–Trinajstić information content (AvgIpc) is 3.26. The number of fused-ring (bicyclic) bond motifs is 3. The molecule has 2 fully saturated rings. The standard InChI is InChI=1S/C23H21F3N4O3/c1-12-4-2-5-16(23(24,25)26)18(12)21(31)30-17-6-3-9-27-19(17)20(28-30)29-14-7-8-15(29)11-13(10-14)22(32)33/h2-6,9,13-15H,7-8,10-11H2,1H3,(H,32,33). The third-order valence-electron chi connectivity index (χ3n) is 6.73. The van der Waals surface area contributed by atoms with Crippen molar-refractivity contribution in [1.29, 1.82) is 0 Å². The monoisotopic (exact) mass is 458 g/mol. The number of benzene rings is 1. The number of rotatable bonds is 3. The minimum Gasteiger partial charge on any atom is -0.481 e. The topological polar surface area (TPSA) is 88.3 Å². The van der Waals surface area contributed by atoms with Crippen molar-refractivity contribution in [2.24, 2.45) is 5.92 Å². The number of carboxylic acid groups (broad SMARTS) is 1. The summed E-state index contributed by atoms with van der Waals surface area (Å²) >= 11 is 0. The molecule has 10 heteroatoms. The van der Waals surface area contributed by atoms with Gasteiger partial charge in [0.2, 0.25) is 0 Å². The Bertz CT molecular complexity index is 1260. The van der Waals surface area contributed by atoms with Crippen LogP contribution in [0.3, 0.4) is 0 Å². The lowest BCUT2D eigenvalue weighted by molar-refractivity contribution is -0.143. The number of aryl methyl sites for hydroxylation is 1. The van der Waals surface area contributed by atoms with Crippen molar-refractivity contribution in [2.75, 3.05) is 4.90 Å². The van der Waals surface area contributed by atoms with Crippen molar-refractivity contribution in [2.45, 2.75) is 50.9 Å². The fourth-order valence-electron chi connectivity index (χ4n) is 5.28. The molecule has 2 aliphatic rings. The molecular formula is C23H21F3N4O3. The molecule has 0 saturated carbocycles. The third-order valence-corrected chi connectivity index (χ3v) is 6.73. The molecule has 3 aromatic rings. The molecule has 2 bridgehead atoms. The van der Waals surface area contributed by atoms with Crippen molar-refractivity contribution < 1.29 is 27.9 Å². The van der Waals surface area contributed by atoms with E-state index in [-0.39, 0.29) is 17.6 Å². The van der Waals surface area contributed by atoms with Gasteiger partial charge in [0.15, 0.2) is 5.82 Å². The minimum absolute atomic E-state index is 0.0716. The Morgan fingerprint density at radius 3 is 2.42 bits per heavy atom. The summed E-state index contributed by atoms with van der Waals surface area (Å²) in [6, 6.07) is 6.69. The van der Waals surface area contributed by atoms with Crippen LogP contribution in [0.25, 0.3) is 11.0 Å². The molecule has 1 N–H and O–H groups in total. The van der Waals surface area contributed by atoms with E-state index in [2.05, 4.69) is 10.1 Å². The average molecular weight is 458 g/mol. The first-order valence-corrected chi connectivity index (χ1v) is 10.7. The van der Waals surface area contributed by atoms with Crippen LogP contribution < -0.4 is 4.90 Å². The van der Waals surface area contributed by atoms with Gasteiger partial charge in [0, 0.05) is 18.3 Å². The number of carbonyl (C=O) groups excluding carboxylic acids is 1. The zero-order valence-electron chi connectivity index (χ0n) is 17.7. The summed E-state index contributed by atoms with van der Waals surface area (Å²) in [6.07, 6.45) is -0.658. The molecule has 172 valence electrons. The van der Waals surface area contributed by atoms with Gasteiger partial charge in [0.05, 0.1) is 22.6 Å². The molecule has 2 atom stereocenters. The number of halogens is 3. The Morgan fingerprint density at radius 1 is 1.09 bits per heavy atom. The van der Waals surface area contributed by atoms with Crippen LogP contribution in [0.4, 0.5) is 19.0 Å². The second-order valence-electron chi connectivity index (χ2n) is 8.71. The number of pyridine rings is 1. The molecule has 0 aliphatic carbocycles. The number of carbonyl (C=O) groups is 2. The molecular weight excluding hydrogens is 437 g/mol. The van der Waals surface area contributed by atoms with Gasteiger partial charge in [0.1, 0.15) is 5.52 Å². The number of piperidine rings is 1. The van der Waals surface area contributed by atoms with Crippen LogP contribution in [-0.4, -0.2) is 43.8 Å². The Labute approximate surface area is 186 Å². The van der Waals surface area contributed by atoms with Crippen LogP contribution >= 0.6 is 0 Å². The Balaban J connectivity index is 1.63. The van der Waals surface area contributed by atoms with Crippen LogP contribution in [0.2, 0.25) is 0 Å². The number of aliphatic carboxylic acids is 1. The number of anilines is 1. The summed E-state index contributed by atoms with van der Waals surface area (Å²) < 4.78 is 42.0. The van der Waals surface area contributed by atoms with Crippen LogP contribution in [0.1, 0.15) is 47.2 Å². The zero-order chi connectivity index (χ0) is 23.5. The van der Waals surface area contributed by atoms with E-state index in [0.717, 1.165) is 23.6 Å². The fraction of sp³-hybridized carbons (Fsp3) is 0.391. The van der Waals surface area contributed by atoms with E-state index in [0.29, 0.717) is 29.7 Å². The van der Waals surface area contributed by atoms with Gasteiger partial charge >= 0.3 is 12.1 Å². The number of carboxylic acids is 1. The highest BCUT2D eigenvalue weighted by molar-refractivity contribution is 6.04. The van der Waals surface area contributed by atoms with E-state index in [1.54, 1.807) is 18.3 Å². The number of hydrogen-bond acceptors (Lipinski definition) is 5. The summed E-state index contributed by atoms with van der Waals surface area (Å²) in [5.74, 6) is -1.73. The van der Waals surface area contributed by atoms with E-state index < -0.39 is 35.1 Å². The predicted octanol–water partition coefficient (Wildman–Crippen LogP) is 4.28. The van der Waals surface area contributed by atoms with Gasteiger partial charge in [-0.3, -0.25) is 14.6 Å². The summed E-state index contributed by atoms with van der Waals surface area (Å²) in [5.41, 5.74) is -0.528. The quantitative estimate of drug-likeness (QED) is 0.630. The molecule has 7 nitrogen and oxygen atoms in total. The molecule has 2 saturated heterocycles. The van der Waals surface area contributed by atoms with E-state index in [1.165, 1.54) is 19.1 Å². The molecule has 1 aromatic carbocycles. The largest absolute Gasteiger partial charge is 0.481 e. The Hall–Kier alpha value is -3.43. The van der Waals surface area contributed by atoms with Crippen molar-refractivity contribution in [3.8, 4) is 0 Å². The first-order valence-electron chi connectivity index (χ1n) is 10.7. The molecule has 0 spiro atoms. The smallest absolute Gasteiger partial charge is 0.417 e. The van der Waals surface area contributed by atoms with Gasteiger partial charge in [-0.25, -0.2) is 0 Å². The minimum atomic E-state index is -4.70. The molecule has 2 aromatic heterocycles. The van der Waals surface area contributed by atoms with Gasteiger partial charge in [-0.15, -0.1) is 5.10 Å². The van der Waals surface area contributed by atoms with E-state index in [1.807, 2.05) is 4.90 Å². The highest BCUT2D eigenvalue weighted by atomic mass is 19.4. The van der Waals surface area contributed by atoms with Gasteiger partial charge in [0.25, 0.3) is 5.91 Å². The zero-order valence-corrected chi connectivity index (χ0v) is 17.7. The summed E-state index contributed by atoms with van der Waals surface area (Å²) in [7, 11) is 0. The summed E-state index contributed by atoms with van der Waals surface area (Å²) in [4.78, 5) is 31.4. The lowest BCUT2D eigenvalue weighted by Crippen LogP contribution is -2.45. The molecule has 0 radical (unpaired) electrons. The Morgan fingerprint density at radius 2 is 1.79 bits per heavy atom. The maximum Gasteiger partial charge on any atom is 0.417 e. The van der Waals surface area contributed by atoms with Gasteiger partial charge in [-0.05, 0) is 56.4 Å². The summed E-state index contributed by atoms with van der Waals surface area (Å²) in [5, 5.41) is 13.9. The van der Waals surface area contributed by atoms with Crippen LogP contribution in [0.15, 0.2) is 36.5 Å². The van der Waals surface area contributed by atoms with Gasteiger partial charge in [-0.2, -0.15) is 17.9 Å². The second kappa shape index (κ2) is 7.57. The summed E-state index contributed by atoms with van der Waals surface area (Å²) in [6.45, 7) is 1.46. The van der Waals surface area contributed by atoms with Crippen LogP contribution in [-0.2, 0) is 11.0 Å². The first kappa shape index (κ1) is 21.4. The molecule has 2 aliphatic heterocycles. The lowest BCUT2D eigenvalue weighted by Gasteiger charge is -2.37. The maximum atomic E-state index is 13.7. The fourth-order valence-corrected chi connectivity index (χ4v) is 5.28. The number of alkyl halides is 3. The maximum absolute atomic E-state index is 13.7. The van der Waals surface area contributed by atoms with Crippen molar-refractivity contribution in [3.63, 3.8) is 0 Å². The van der Waals surface area contributed by atoms with E-state index >= 15 is 0 Å². The molecule has 2 unspecified atom stereocenters. The van der Waals surface area contributed by atoms with Crippen molar-refractivity contribution >= 4 is 28.7 Å². The lowest BCUT2D eigenvalue weighted by atomic mass is 9.91. The normalized spacial score (nSPS) is 22.7. The number of aromatic nitrogens is 3. The van der Waals surface area contributed by atoms with Crippen molar-refractivity contribution in [1.82, 2.24) is 14.8 Å². The highest BCUT2D eigenvalue weighted by Crippen LogP contribution is 2.43. The van der Waals surface area contributed by atoms with Crippen LogP contribution in [0.5, 0.6) is 0 Å². The third kappa shape index (κ3) is 3.44. The first-order chi connectivity index (χ1) is 15.7. The van der Waals surface area contributed by atoms with Crippen molar-refractivity contribution in [3.05, 3.63) is 53.2 Å². The Kier molecular flexibility index (Phi) is 4.91. The molecule has 4 heterocycles.